The van der Waals surface area contributed by atoms with E-state index < -0.39 is 29.2 Å². The largest absolute Gasteiger partial charge is 0.477 e. The summed E-state index contributed by atoms with van der Waals surface area (Å²) in [7, 11) is 1.28. The Kier molecular flexibility index (Phi) is 7.99. The molecular weight excluding hydrogens is 540 g/mol. The van der Waals surface area contributed by atoms with Gasteiger partial charge in [-0.1, -0.05) is 17.3 Å². The lowest BCUT2D eigenvalue weighted by Gasteiger charge is -2.49. The molecule has 1 fully saturated rings. The van der Waals surface area contributed by atoms with Crippen LogP contribution in [0.2, 0.25) is 0 Å². The number of nitrogens with two attached hydrogens (primary N) is 2. The summed E-state index contributed by atoms with van der Waals surface area (Å²) in [4.78, 5) is 56.0. The first-order valence-corrected chi connectivity index (χ1v) is 13.6. The van der Waals surface area contributed by atoms with E-state index in [1.807, 2.05) is 6.92 Å². The molecule has 0 aromatic carbocycles. The van der Waals surface area contributed by atoms with E-state index >= 15 is 0 Å². The maximum Gasteiger partial charge on any atom is 0.352 e. The number of carboxylic acids is 1. The maximum atomic E-state index is 12.9. The Morgan fingerprint density at radius 3 is 2.81 bits per heavy atom. The number of nitrogen functional groups attached to an aromatic ring is 2. The summed E-state index contributed by atoms with van der Waals surface area (Å²) in [6.45, 7) is 1.82. The number of nitrogens with zero attached hydrogens (tertiary/aromatic N) is 5. The molecule has 2 aliphatic heterocycles. The van der Waals surface area contributed by atoms with Crippen molar-refractivity contribution in [3.05, 3.63) is 46.3 Å². The fourth-order valence-electron chi connectivity index (χ4n) is 3.63. The molecule has 2 aliphatic rings. The molecule has 194 valence electrons. The van der Waals surface area contributed by atoms with Gasteiger partial charge in [0.15, 0.2) is 10.8 Å². The van der Waals surface area contributed by atoms with Crippen LogP contribution in [0.4, 0.5) is 11.1 Å². The molecule has 0 unspecified atom stereocenters. The van der Waals surface area contributed by atoms with Crippen LogP contribution >= 0.6 is 34.9 Å². The zero-order chi connectivity index (χ0) is 26.7. The Hall–Kier alpha value is -3.63. The SMILES string of the molecule is CO/N=C(\C(=O)N[C@@H]1C(=O)N2C(C(=O)O)=C(/C=C/CSc3cc(C)nc(N)n3)CS[C@H]12)c1csc(N)n1. The number of oxime groups is 1. The maximum absolute atomic E-state index is 12.9. The lowest BCUT2D eigenvalue weighted by Crippen LogP contribution is -2.71. The molecule has 0 bridgehead atoms. The average Bonchev–Trinajstić information content (AvgIpc) is 3.27. The van der Waals surface area contributed by atoms with Crippen molar-refractivity contribution in [1.82, 2.24) is 25.2 Å². The van der Waals surface area contributed by atoms with Crippen LogP contribution in [0.1, 0.15) is 11.4 Å². The van der Waals surface area contributed by atoms with Crippen molar-refractivity contribution in [2.75, 3.05) is 30.1 Å². The number of rotatable bonds is 9. The minimum atomic E-state index is -1.23. The van der Waals surface area contributed by atoms with Gasteiger partial charge in [-0.2, -0.15) is 0 Å². The van der Waals surface area contributed by atoms with E-state index in [1.54, 1.807) is 23.6 Å². The zero-order valence-corrected chi connectivity index (χ0v) is 22.0. The Balaban J connectivity index is 1.45. The number of hydrogen-bond acceptors (Lipinski definition) is 13. The molecule has 2 atom stereocenters. The second-order valence-corrected chi connectivity index (χ2v) is 10.7. The van der Waals surface area contributed by atoms with Crippen LogP contribution in [0.5, 0.6) is 0 Å². The number of aromatic nitrogens is 3. The van der Waals surface area contributed by atoms with Crippen LogP contribution < -0.4 is 16.8 Å². The molecule has 4 heterocycles. The molecule has 13 nitrogen and oxygen atoms in total. The number of aliphatic carboxylic acids is 1. The second kappa shape index (κ2) is 11.2. The highest BCUT2D eigenvalue weighted by atomic mass is 32.2. The number of hydrogen-bond donors (Lipinski definition) is 4. The van der Waals surface area contributed by atoms with Gasteiger partial charge in [-0.3, -0.25) is 14.5 Å². The molecule has 1 saturated heterocycles. The number of thiazole rings is 1. The van der Waals surface area contributed by atoms with Gasteiger partial charge in [-0.25, -0.2) is 19.7 Å². The third-order valence-electron chi connectivity index (χ3n) is 5.14. The standard InChI is InChI=1S/C21H22N8O5S3/c1-9-6-12(26-20(22)24-9)35-5-3-4-10-7-36-18-14(17(31)29(18)15(10)19(32)33)27-16(30)13(28-34-2)11-8-37-21(23)25-11/h3-4,6,8,14,18H,5,7H2,1-2H3,(H2,23,25)(H,27,30)(H,32,33)(H2,22,24,26)/b4-3+,28-13-/t14-,18-/m1/s1. The van der Waals surface area contributed by atoms with Gasteiger partial charge in [0.1, 0.15) is 34.9 Å². The summed E-state index contributed by atoms with van der Waals surface area (Å²) in [5.74, 6) is -1.42. The molecule has 4 rings (SSSR count). The highest BCUT2D eigenvalue weighted by Gasteiger charge is 2.54. The van der Waals surface area contributed by atoms with Crippen molar-refractivity contribution in [2.45, 2.75) is 23.4 Å². The number of nitrogens with one attached hydrogen (secondary N) is 1. The Bertz CT molecular complexity index is 1320. The number of thioether (sulfide) groups is 2. The van der Waals surface area contributed by atoms with Crippen molar-refractivity contribution in [2.24, 2.45) is 5.16 Å². The summed E-state index contributed by atoms with van der Waals surface area (Å²) in [6, 6.07) is 0.870. The molecule has 2 aromatic heterocycles. The highest BCUT2D eigenvalue weighted by molar-refractivity contribution is 8.00. The predicted molar refractivity (Wildman–Crippen MR) is 141 cm³/mol. The normalized spacial score (nSPS) is 19.6. The predicted octanol–water partition coefficient (Wildman–Crippen LogP) is 0.844. The van der Waals surface area contributed by atoms with E-state index in [-0.39, 0.29) is 28.2 Å². The number of carbonyl (C=O) groups is 3. The van der Waals surface area contributed by atoms with Gasteiger partial charge >= 0.3 is 5.97 Å². The van der Waals surface area contributed by atoms with Crippen LogP contribution in [-0.2, 0) is 19.2 Å². The van der Waals surface area contributed by atoms with Crippen molar-refractivity contribution < 1.29 is 24.3 Å². The van der Waals surface area contributed by atoms with E-state index in [0.29, 0.717) is 22.1 Å². The Labute approximate surface area is 223 Å². The molecule has 0 spiro atoms. The highest BCUT2D eigenvalue weighted by Crippen LogP contribution is 2.40. The molecule has 0 aliphatic carbocycles. The Morgan fingerprint density at radius 2 is 2.16 bits per heavy atom. The fourth-order valence-corrected chi connectivity index (χ4v) is 6.27. The second-order valence-electron chi connectivity index (χ2n) is 7.65. The van der Waals surface area contributed by atoms with Crippen LogP contribution in [0.15, 0.2) is 45.1 Å². The van der Waals surface area contributed by atoms with Crippen molar-refractivity contribution in [1.29, 1.82) is 0 Å². The quantitative estimate of drug-likeness (QED) is 0.111. The van der Waals surface area contributed by atoms with Gasteiger partial charge in [-0.15, -0.1) is 34.9 Å². The van der Waals surface area contributed by atoms with Gasteiger partial charge in [0.25, 0.3) is 11.8 Å². The van der Waals surface area contributed by atoms with E-state index in [1.165, 1.54) is 35.5 Å². The molecule has 0 saturated carbocycles. The van der Waals surface area contributed by atoms with Gasteiger partial charge in [0.2, 0.25) is 5.95 Å². The minimum Gasteiger partial charge on any atom is -0.477 e. The van der Waals surface area contributed by atoms with E-state index in [0.717, 1.165) is 17.0 Å². The molecular formula is C21H22N8O5S3. The first-order chi connectivity index (χ1) is 17.7. The summed E-state index contributed by atoms with van der Waals surface area (Å²) < 4.78 is 0. The summed E-state index contributed by atoms with van der Waals surface area (Å²) in [5.41, 5.74) is 12.5. The number of allylic oxidation sites excluding steroid dienone is 1. The lowest BCUT2D eigenvalue weighted by atomic mass is 10.0. The molecule has 2 aromatic rings. The molecule has 37 heavy (non-hydrogen) atoms. The van der Waals surface area contributed by atoms with Crippen molar-refractivity contribution in [3.8, 4) is 0 Å². The molecule has 6 N–H and O–H groups in total. The number of β-lactam (4-membered cyclic amide) rings is 1. The van der Waals surface area contributed by atoms with Gasteiger partial charge < -0.3 is 26.7 Å². The van der Waals surface area contributed by atoms with Crippen LogP contribution in [0.25, 0.3) is 0 Å². The average molecular weight is 563 g/mol. The van der Waals surface area contributed by atoms with Crippen LogP contribution in [0, 0.1) is 6.92 Å². The van der Waals surface area contributed by atoms with E-state index in [9.17, 15) is 19.5 Å². The van der Waals surface area contributed by atoms with Gasteiger partial charge in [0, 0.05) is 22.6 Å². The number of amides is 2. The zero-order valence-electron chi connectivity index (χ0n) is 19.6. The monoisotopic (exact) mass is 562 g/mol. The van der Waals surface area contributed by atoms with Crippen LogP contribution in [0.3, 0.4) is 0 Å². The van der Waals surface area contributed by atoms with Crippen molar-refractivity contribution >= 4 is 69.4 Å². The van der Waals surface area contributed by atoms with Crippen molar-refractivity contribution in [3.63, 3.8) is 0 Å². The molecule has 2 amide bonds. The topological polar surface area (TPSA) is 199 Å². The third kappa shape index (κ3) is 5.70. The minimum absolute atomic E-state index is 0.110. The van der Waals surface area contributed by atoms with E-state index in [4.69, 9.17) is 16.3 Å². The fraction of sp³-hybridized carbons (Fsp3) is 0.286. The number of carboxylic acid groups (broad SMARTS) is 1. The lowest BCUT2D eigenvalue weighted by molar-refractivity contribution is -0.150. The number of anilines is 2. The first-order valence-electron chi connectivity index (χ1n) is 10.6. The van der Waals surface area contributed by atoms with Gasteiger partial charge in [-0.05, 0) is 18.6 Å². The molecule has 0 radical (unpaired) electrons. The summed E-state index contributed by atoms with van der Waals surface area (Å²) in [6.07, 6.45) is 3.49. The first kappa shape index (κ1) is 26.4. The smallest absolute Gasteiger partial charge is 0.352 e. The van der Waals surface area contributed by atoms with Crippen LogP contribution in [-0.4, -0.2) is 78.5 Å². The Morgan fingerprint density at radius 1 is 1.38 bits per heavy atom. The number of aryl methyl sites for hydroxylation is 1. The van der Waals surface area contributed by atoms with Gasteiger partial charge in [0.05, 0.1) is 0 Å². The number of carbonyl (C=O) groups excluding carboxylic acids is 2. The third-order valence-corrected chi connectivity index (χ3v) is 7.98. The number of fused-ring (bicyclic) bond motifs is 1. The molecule has 16 heteroatoms. The summed E-state index contributed by atoms with van der Waals surface area (Å²) in [5, 5.41) is 18.1. The van der Waals surface area contributed by atoms with E-state index in [2.05, 4.69) is 25.4 Å². The summed E-state index contributed by atoms with van der Waals surface area (Å²) >= 11 is 3.89.